The van der Waals surface area contributed by atoms with Crippen LogP contribution in [0.1, 0.15) is 18.9 Å². The van der Waals surface area contributed by atoms with Crippen molar-refractivity contribution in [2.45, 2.75) is 26.0 Å². The molecule has 28 heavy (non-hydrogen) atoms. The Bertz CT molecular complexity index is 791. The maximum atomic E-state index is 11.9. The third-order valence-corrected chi connectivity index (χ3v) is 5.01. The Balaban J connectivity index is 1.65. The average Bonchev–Trinajstić information content (AvgIpc) is 2.77. The van der Waals surface area contributed by atoms with E-state index in [1.54, 1.807) is 20.2 Å². The van der Waals surface area contributed by atoms with Gasteiger partial charge in [0.05, 0.1) is 12.8 Å². The highest BCUT2D eigenvalue weighted by molar-refractivity contribution is 5.80. The number of aliphatic hydroxyl groups is 1. The van der Waals surface area contributed by atoms with E-state index in [4.69, 9.17) is 4.74 Å². The van der Waals surface area contributed by atoms with Gasteiger partial charge >= 0.3 is 0 Å². The van der Waals surface area contributed by atoms with Crippen LogP contribution in [-0.2, 0) is 11.3 Å². The summed E-state index contributed by atoms with van der Waals surface area (Å²) in [5, 5.41) is 12.4. The highest BCUT2D eigenvalue weighted by atomic mass is 16.5. The van der Waals surface area contributed by atoms with E-state index < -0.39 is 6.10 Å². The van der Waals surface area contributed by atoms with Crippen LogP contribution in [0.4, 0.5) is 11.5 Å². The first kappa shape index (κ1) is 19.9. The molecule has 1 saturated heterocycles. The van der Waals surface area contributed by atoms with E-state index in [2.05, 4.69) is 26.2 Å². The van der Waals surface area contributed by atoms with Gasteiger partial charge in [-0.3, -0.25) is 4.79 Å². The minimum atomic E-state index is -0.968. The summed E-state index contributed by atoms with van der Waals surface area (Å²) in [5.74, 6) is 1.42. The van der Waals surface area contributed by atoms with Crippen LogP contribution in [-0.4, -0.2) is 55.4 Å². The number of rotatable bonds is 7. The molecule has 2 heterocycles. The number of pyridine rings is 1. The molecule has 0 spiro atoms. The Morgan fingerprint density at radius 2 is 1.89 bits per heavy atom. The molecule has 0 bridgehead atoms. The van der Waals surface area contributed by atoms with Gasteiger partial charge in [-0.15, -0.1) is 0 Å². The second-order valence-corrected chi connectivity index (χ2v) is 6.77. The highest BCUT2D eigenvalue weighted by Crippen LogP contribution is 2.29. The summed E-state index contributed by atoms with van der Waals surface area (Å²) in [6, 6.07) is 11.9. The average molecular weight is 384 g/mol. The highest BCUT2D eigenvalue weighted by Gasteiger charge is 2.22. The van der Waals surface area contributed by atoms with Crippen molar-refractivity contribution in [3.8, 4) is 5.75 Å². The van der Waals surface area contributed by atoms with E-state index >= 15 is 0 Å². The lowest BCUT2D eigenvalue weighted by Gasteiger charge is -2.37. The minimum absolute atomic E-state index is 0.349. The van der Waals surface area contributed by atoms with Crippen LogP contribution in [0.2, 0.25) is 0 Å². The lowest BCUT2D eigenvalue weighted by Crippen LogP contribution is -2.47. The third-order valence-electron chi connectivity index (χ3n) is 5.01. The van der Waals surface area contributed by atoms with Crippen molar-refractivity contribution in [2.75, 3.05) is 43.1 Å². The summed E-state index contributed by atoms with van der Waals surface area (Å²) in [6.07, 6.45) is 1.20. The van der Waals surface area contributed by atoms with Crippen LogP contribution in [0.15, 0.2) is 42.6 Å². The summed E-state index contributed by atoms with van der Waals surface area (Å²) in [7, 11) is 1.69. The largest absolute Gasteiger partial charge is 0.495 e. The van der Waals surface area contributed by atoms with Gasteiger partial charge in [0.2, 0.25) is 5.91 Å². The fourth-order valence-corrected chi connectivity index (χ4v) is 3.39. The maximum absolute atomic E-state index is 11.9. The molecule has 0 radical (unpaired) electrons. The van der Waals surface area contributed by atoms with E-state index in [1.165, 1.54) is 0 Å². The molecule has 2 aromatic rings. The number of nitrogens with zero attached hydrogens (tertiary/aromatic N) is 3. The Hall–Kier alpha value is -2.80. The number of hydrogen-bond donors (Lipinski definition) is 2. The van der Waals surface area contributed by atoms with Crippen molar-refractivity contribution < 1.29 is 14.6 Å². The van der Waals surface area contributed by atoms with Crippen LogP contribution in [0.25, 0.3) is 0 Å². The summed E-state index contributed by atoms with van der Waals surface area (Å²) in [4.78, 5) is 21.0. The number of nitrogens with one attached hydrogen (secondary N) is 1. The molecular formula is C21H28N4O3. The maximum Gasteiger partial charge on any atom is 0.249 e. The fraction of sp³-hybridized carbons (Fsp3) is 0.429. The van der Waals surface area contributed by atoms with Crippen molar-refractivity contribution >= 4 is 17.4 Å². The summed E-state index contributed by atoms with van der Waals surface area (Å²) in [5.41, 5.74) is 2.05. The molecule has 0 saturated carbocycles. The zero-order valence-corrected chi connectivity index (χ0v) is 16.5. The molecule has 0 aliphatic carbocycles. The lowest BCUT2D eigenvalue weighted by atomic mass is 10.2. The molecule has 1 amide bonds. The standard InChI is InChI=1S/C21H28N4O3/c1-3-18(26)21(27)23-15-16-7-6-10-22-20(16)25-13-11-24(12-14-25)17-8-4-5-9-19(17)28-2/h4-10,18,26H,3,11-15H2,1-2H3,(H,23,27). The smallest absolute Gasteiger partial charge is 0.249 e. The number of carbonyl (C=O) groups excluding carboxylic acids is 1. The molecule has 1 unspecified atom stereocenters. The third kappa shape index (κ3) is 4.54. The second-order valence-electron chi connectivity index (χ2n) is 6.77. The minimum Gasteiger partial charge on any atom is -0.495 e. The molecule has 3 rings (SSSR count). The number of methoxy groups -OCH3 is 1. The van der Waals surface area contributed by atoms with Crippen molar-refractivity contribution in [3.05, 3.63) is 48.2 Å². The van der Waals surface area contributed by atoms with Gasteiger partial charge in [-0.1, -0.05) is 25.1 Å². The number of aromatic nitrogens is 1. The molecule has 1 fully saturated rings. The fourth-order valence-electron chi connectivity index (χ4n) is 3.39. The summed E-state index contributed by atoms with van der Waals surface area (Å²) >= 11 is 0. The molecule has 1 atom stereocenters. The lowest BCUT2D eigenvalue weighted by molar-refractivity contribution is -0.129. The van der Waals surface area contributed by atoms with Crippen molar-refractivity contribution in [1.82, 2.24) is 10.3 Å². The van der Waals surface area contributed by atoms with Crippen molar-refractivity contribution in [2.24, 2.45) is 0 Å². The molecule has 7 heteroatoms. The van der Waals surface area contributed by atoms with Crippen molar-refractivity contribution in [3.63, 3.8) is 0 Å². The molecule has 1 aromatic carbocycles. The number of carbonyl (C=O) groups is 1. The zero-order chi connectivity index (χ0) is 19.9. The van der Waals surface area contributed by atoms with Crippen LogP contribution >= 0.6 is 0 Å². The molecule has 1 aliphatic heterocycles. The van der Waals surface area contributed by atoms with E-state index in [9.17, 15) is 9.90 Å². The number of amides is 1. The summed E-state index contributed by atoms with van der Waals surface area (Å²) < 4.78 is 5.48. The molecule has 7 nitrogen and oxygen atoms in total. The number of piperazine rings is 1. The van der Waals surface area contributed by atoms with Gasteiger partial charge in [0.15, 0.2) is 0 Å². The Morgan fingerprint density at radius 3 is 2.61 bits per heavy atom. The van der Waals surface area contributed by atoms with E-state index in [0.29, 0.717) is 13.0 Å². The van der Waals surface area contributed by atoms with Gasteiger partial charge in [0.25, 0.3) is 0 Å². The number of aliphatic hydroxyl groups excluding tert-OH is 1. The van der Waals surface area contributed by atoms with Gasteiger partial charge < -0.3 is 25.0 Å². The van der Waals surface area contributed by atoms with Gasteiger partial charge in [0, 0.05) is 44.5 Å². The van der Waals surface area contributed by atoms with Crippen LogP contribution < -0.4 is 19.9 Å². The zero-order valence-electron chi connectivity index (χ0n) is 16.5. The predicted octanol–water partition coefficient (Wildman–Crippen LogP) is 1.80. The monoisotopic (exact) mass is 384 g/mol. The van der Waals surface area contributed by atoms with E-state index in [1.807, 2.05) is 30.3 Å². The van der Waals surface area contributed by atoms with E-state index in [0.717, 1.165) is 49.0 Å². The molecular weight excluding hydrogens is 356 g/mol. The van der Waals surface area contributed by atoms with Gasteiger partial charge in [0.1, 0.15) is 17.7 Å². The van der Waals surface area contributed by atoms with Gasteiger partial charge in [-0.25, -0.2) is 4.98 Å². The Kier molecular flexibility index (Phi) is 6.71. The van der Waals surface area contributed by atoms with Gasteiger partial charge in [-0.2, -0.15) is 0 Å². The number of anilines is 2. The van der Waals surface area contributed by atoms with Gasteiger partial charge in [-0.05, 0) is 24.6 Å². The quantitative estimate of drug-likeness (QED) is 0.758. The SMILES string of the molecule is CCC(O)C(=O)NCc1cccnc1N1CCN(c2ccccc2OC)CC1. The first-order chi connectivity index (χ1) is 13.6. The Labute approximate surface area is 165 Å². The Morgan fingerprint density at radius 1 is 1.18 bits per heavy atom. The topological polar surface area (TPSA) is 77.9 Å². The first-order valence-corrected chi connectivity index (χ1v) is 9.66. The number of para-hydroxylation sites is 2. The molecule has 1 aliphatic rings. The van der Waals surface area contributed by atoms with Crippen molar-refractivity contribution in [1.29, 1.82) is 0 Å². The second kappa shape index (κ2) is 9.41. The number of benzene rings is 1. The summed E-state index contributed by atoms with van der Waals surface area (Å²) in [6.45, 7) is 5.50. The molecule has 2 N–H and O–H groups in total. The number of ether oxygens (including phenoxy) is 1. The van der Waals surface area contributed by atoms with Crippen LogP contribution in [0, 0.1) is 0 Å². The predicted molar refractivity (Wildman–Crippen MR) is 110 cm³/mol. The van der Waals surface area contributed by atoms with Crippen LogP contribution in [0.5, 0.6) is 5.75 Å². The normalized spacial score (nSPS) is 15.2. The van der Waals surface area contributed by atoms with Crippen LogP contribution in [0.3, 0.4) is 0 Å². The molecule has 150 valence electrons. The van der Waals surface area contributed by atoms with E-state index in [-0.39, 0.29) is 5.91 Å². The molecule has 1 aromatic heterocycles. The number of hydrogen-bond acceptors (Lipinski definition) is 6. The first-order valence-electron chi connectivity index (χ1n) is 9.66.